The average molecular weight is 339 g/mol. The minimum atomic E-state index is -0.823. The first-order valence-corrected chi connectivity index (χ1v) is 7.27. The van der Waals surface area contributed by atoms with Crippen molar-refractivity contribution in [2.75, 3.05) is 26.3 Å². The maximum Gasteiger partial charge on any atom is 0.325 e. The van der Waals surface area contributed by atoms with Crippen molar-refractivity contribution in [2.24, 2.45) is 0 Å². The number of carboxylic acids is 1. The molecule has 20 heavy (non-hydrogen) atoms. The number of morpholine rings is 1. The van der Waals surface area contributed by atoms with Crippen molar-refractivity contribution in [2.45, 2.75) is 6.04 Å². The van der Waals surface area contributed by atoms with Crippen LogP contribution in [-0.2, 0) is 9.53 Å². The van der Waals surface area contributed by atoms with Crippen LogP contribution in [-0.4, -0.2) is 47.3 Å². The van der Waals surface area contributed by atoms with Crippen LogP contribution >= 0.6 is 15.9 Å². The highest BCUT2D eigenvalue weighted by Gasteiger charge is 2.30. The summed E-state index contributed by atoms with van der Waals surface area (Å²) in [5.41, 5.74) is 1.75. The van der Waals surface area contributed by atoms with E-state index in [0.717, 1.165) is 20.9 Å². The number of nitrogens with one attached hydrogen (secondary N) is 1. The number of fused-ring (bicyclic) bond motifs is 1. The van der Waals surface area contributed by atoms with Crippen molar-refractivity contribution < 1.29 is 14.6 Å². The zero-order chi connectivity index (χ0) is 14.1. The number of aliphatic carboxylic acids is 1. The molecule has 0 radical (unpaired) electrons. The van der Waals surface area contributed by atoms with E-state index >= 15 is 0 Å². The highest BCUT2D eigenvalue weighted by molar-refractivity contribution is 9.10. The zero-order valence-corrected chi connectivity index (χ0v) is 12.4. The minimum absolute atomic E-state index is 0.581. The highest BCUT2D eigenvalue weighted by atomic mass is 79.9. The van der Waals surface area contributed by atoms with Crippen molar-refractivity contribution in [1.29, 1.82) is 0 Å². The molecule has 3 rings (SSSR count). The van der Waals surface area contributed by atoms with Gasteiger partial charge >= 0.3 is 5.97 Å². The van der Waals surface area contributed by atoms with E-state index in [-0.39, 0.29) is 0 Å². The number of ether oxygens (including phenoxy) is 1. The third kappa shape index (κ3) is 2.46. The fourth-order valence-electron chi connectivity index (χ4n) is 2.67. The standard InChI is InChI=1S/C14H15BrN2O3/c15-9-1-2-10-11(8-16-12(10)7-9)13(14(18)19)17-3-5-20-6-4-17/h1-2,7-8,13,16H,3-6H2,(H,18,19)/t13-/m0/s1. The molecule has 0 unspecified atom stereocenters. The molecule has 0 spiro atoms. The van der Waals surface area contributed by atoms with Gasteiger partial charge in [-0.25, -0.2) is 0 Å². The lowest BCUT2D eigenvalue weighted by atomic mass is 10.0. The lowest BCUT2D eigenvalue weighted by molar-refractivity contribution is -0.145. The number of carbonyl (C=O) groups is 1. The van der Waals surface area contributed by atoms with Gasteiger partial charge in [0.1, 0.15) is 6.04 Å². The van der Waals surface area contributed by atoms with E-state index in [0.29, 0.717) is 26.3 Å². The van der Waals surface area contributed by atoms with Crippen LogP contribution in [0.3, 0.4) is 0 Å². The summed E-state index contributed by atoms with van der Waals surface area (Å²) in [5, 5.41) is 10.6. The van der Waals surface area contributed by atoms with Gasteiger partial charge in [-0.2, -0.15) is 0 Å². The molecule has 2 aromatic rings. The zero-order valence-electron chi connectivity index (χ0n) is 10.8. The lowest BCUT2D eigenvalue weighted by Gasteiger charge is -2.31. The summed E-state index contributed by atoms with van der Waals surface area (Å²) >= 11 is 3.42. The van der Waals surface area contributed by atoms with Gasteiger partial charge in [0.15, 0.2) is 0 Å². The molecule has 0 amide bonds. The molecule has 2 heterocycles. The van der Waals surface area contributed by atoms with E-state index in [1.807, 2.05) is 23.1 Å². The molecule has 1 fully saturated rings. The summed E-state index contributed by atoms with van der Waals surface area (Å²) in [6, 6.07) is 5.20. The number of nitrogens with zero attached hydrogens (tertiary/aromatic N) is 1. The van der Waals surface area contributed by atoms with Crippen molar-refractivity contribution in [1.82, 2.24) is 9.88 Å². The molecule has 0 saturated carbocycles. The quantitative estimate of drug-likeness (QED) is 0.901. The van der Waals surface area contributed by atoms with Gasteiger partial charge in [-0.15, -0.1) is 0 Å². The van der Waals surface area contributed by atoms with E-state index in [4.69, 9.17) is 4.74 Å². The van der Waals surface area contributed by atoms with E-state index in [9.17, 15) is 9.90 Å². The Kier molecular flexibility index (Phi) is 3.78. The highest BCUT2D eigenvalue weighted by Crippen LogP contribution is 2.30. The SMILES string of the molecule is O=C(O)[C@H](c1c[nH]c2cc(Br)ccc12)N1CCOCC1. The van der Waals surface area contributed by atoms with Gasteiger partial charge in [0, 0.05) is 40.2 Å². The largest absolute Gasteiger partial charge is 0.480 e. The molecular formula is C14H15BrN2O3. The molecule has 1 aliphatic rings. The number of halogens is 1. The van der Waals surface area contributed by atoms with Crippen LogP contribution in [0.5, 0.6) is 0 Å². The molecule has 2 N–H and O–H groups in total. The summed E-state index contributed by atoms with van der Waals surface area (Å²) in [6.45, 7) is 2.44. The number of aromatic nitrogens is 1. The average Bonchev–Trinajstić information content (AvgIpc) is 2.83. The molecular weight excluding hydrogens is 324 g/mol. The molecule has 1 aliphatic heterocycles. The van der Waals surface area contributed by atoms with Gasteiger partial charge in [0.2, 0.25) is 0 Å². The summed E-state index contributed by atoms with van der Waals surface area (Å²) in [4.78, 5) is 16.8. The maximum atomic E-state index is 11.7. The smallest absolute Gasteiger partial charge is 0.325 e. The third-order valence-corrected chi connectivity index (χ3v) is 4.11. The molecule has 0 bridgehead atoms. The lowest BCUT2D eigenvalue weighted by Crippen LogP contribution is -2.42. The Bertz CT molecular complexity index is 634. The van der Waals surface area contributed by atoms with Crippen LogP contribution in [0.2, 0.25) is 0 Å². The molecule has 1 atom stereocenters. The normalized spacial score (nSPS) is 18.2. The topological polar surface area (TPSA) is 65.6 Å². The maximum absolute atomic E-state index is 11.7. The second-order valence-corrected chi connectivity index (χ2v) is 5.74. The van der Waals surface area contributed by atoms with E-state index in [1.165, 1.54) is 0 Å². The van der Waals surface area contributed by atoms with E-state index < -0.39 is 12.0 Å². The third-order valence-electron chi connectivity index (χ3n) is 3.62. The number of hydrogen-bond donors (Lipinski definition) is 2. The van der Waals surface area contributed by atoms with Crippen LogP contribution in [0.25, 0.3) is 10.9 Å². The van der Waals surface area contributed by atoms with Gasteiger partial charge in [0.25, 0.3) is 0 Å². The fraction of sp³-hybridized carbons (Fsp3) is 0.357. The predicted octanol–water partition coefficient (Wildman–Crippen LogP) is 2.39. The van der Waals surface area contributed by atoms with Crippen LogP contribution in [0.1, 0.15) is 11.6 Å². The Labute approximate surface area is 124 Å². The molecule has 106 valence electrons. The van der Waals surface area contributed by atoms with Crippen molar-refractivity contribution >= 4 is 32.8 Å². The fourth-order valence-corrected chi connectivity index (χ4v) is 3.03. The molecule has 5 nitrogen and oxygen atoms in total. The van der Waals surface area contributed by atoms with Gasteiger partial charge in [-0.1, -0.05) is 22.0 Å². The first kappa shape index (κ1) is 13.6. The van der Waals surface area contributed by atoms with Crippen molar-refractivity contribution in [3.8, 4) is 0 Å². The number of benzene rings is 1. The first-order chi connectivity index (χ1) is 9.66. The molecule has 0 aliphatic carbocycles. The summed E-state index contributed by atoms with van der Waals surface area (Å²) in [7, 11) is 0. The number of rotatable bonds is 3. The molecule has 1 saturated heterocycles. The summed E-state index contributed by atoms with van der Waals surface area (Å²) in [5.74, 6) is -0.823. The summed E-state index contributed by atoms with van der Waals surface area (Å²) in [6.07, 6.45) is 1.80. The van der Waals surface area contributed by atoms with Crippen LogP contribution < -0.4 is 0 Å². The van der Waals surface area contributed by atoms with Gasteiger partial charge in [0.05, 0.1) is 13.2 Å². The van der Waals surface area contributed by atoms with Gasteiger partial charge in [-0.05, 0) is 12.1 Å². The first-order valence-electron chi connectivity index (χ1n) is 6.48. The Hall–Kier alpha value is -1.37. The van der Waals surface area contributed by atoms with Crippen LogP contribution in [0.15, 0.2) is 28.9 Å². The molecule has 1 aromatic heterocycles. The predicted molar refractivity (Wildman–Crippen MR) is 78.8 cm³/mol. The van der Waals surface area contributed by atoms with Gasteiger partial charge < -0.3 is 14.8 Å². The summed E-state index contributed by atoms with van der Waals surface area (Å²) < 4.78 is 6.27. The monoisotopic (exact) mass is 338 g/mol. The van der Waals surface area contributed by atoms with Crippen LogP contribution in [0.4, 0.5) is 0 Å². The number of H-pyrrole nitrogens is 1. The minimum Gasteiger partial charge on any atom is -0.480 e. The number of aromatic amines is 1. The van der Waals surface area contributed by atoms with E-state index in [2.05, 4.69) is 20.9 Å². The number of carboxylic acid groups (broad SMARTS) is 1. The second-order valence-electron chi connectivity index (χ2n) is 4.82. The Morgan fingerprint density at radius 2 is 2.15 bits per heavy atom. The molecule has 1 aromatic carbocycles. The second kappa shape index (κ2) is 5.55. The number of hydrogen-bond acceptors (Lipinski definition) is 3. The Balaban J connectivity index is 2.02. The van der Waals surface area contributed by atoms with Crippen molar-refractivity contribution in [3.05, 3.63) is 34.4 Å². The Morgan fingerprint density at radius 3 is 2.85 bits per heavy atom. The molecule has 6 heteroatoms. The van der Waals surface area contributed by atoms with E-state index in [1.54, 1.807) is 6.20 Å². The Morgan fingerprint density at radius 1 is 1.40 bits per heavy atom. The van der Waals surface area contributed by atoms with Crippen molar-refractivity contribution in [3.63, 3.8) is 0 Å². The van der Waals surface area contributed by atoms with Crippen LogP contribution in [0, 0.1) is 0 Å². The van der Waals surface area contributed by atoms with Gasteiger partial charge in [-0.3, -0.25) is 9.69 Å².